The maximum Gasteiger partial charge on any atom is 0.120 e. The van der Waals surface area contributed by atoms with Crippen LogP contribution in [0.25, 0.3) is 11.1 Å². The highest BCUT2D eigenvalue weighted by Crippen LogP contribution is 2.33. The molecule has 0 unspecified atom stereocenters. The van der Waals surface area contributed by atoms with Gasteiger partial charge in [-0.3, -0.25) is 0 Å². The number of methoxy groups -OCH3 is 1. The van der Waals surface area contributed by atoms with E-state index in [4.69, 9.17) is 16.2 Å². The smallest absolute Gasteiger partial charge is 0.120 e. The minimum absolute atomic E-state index is 0. The van der Waals surface area contributed by atoms with E-state index in [1.54, 1.807) is 18.4 Å². The van der Waals surface area contributed by atoms with E-state index >= 15 is 0 Å². The summed E-state index contributed by atoms with van der Waals surface area (Å²) in [5.74, 6) is 0.834. The Morgan fingerprint density at radius 3 is 2.56 bits per heavy atom. The lowest BCUT2D eigenvalue weighted by Crippen LogP contribution is -2.01. The van der Waals surface area contributed by atoms with Crippen molar-refractivity contribution >= 4 is 53.2 Å². The van der Waals surface area contributed by atoms with Gasteiger partial charge in [-0.05, 0) is 52.2 Å². The van der Waals surface area contributed by atoms with E-state index < -0.39 is 0 Å². The molecule has 134 valence electrons. The molecule has 0 atom stereocenters. The number of nitrogens with two attached hydrogens (primary N) is 2. The van der Waals surface area contributed by atoms with Crippen LogP contribution in [0.3, 0.4) is 0 Å². The third kappa shape index (κ3) is 4.95. The van der Waals surface area contributed by atoms with Crippen LogP contribution in [0.5, 0.6) is 5.75 Å². The Kier molecular flexibility index (Phi) is 7.90. The maximum atomic E-state index is 6.11. The summed E-state index contributed by atoms with van der Waals surface area (Å²) < 4.78 is 5.25. The van der Waals surface area contributed by atoms with E-state index in [-0.39, 0.29) is 24.8 Å². The Morgan fingerprint density at radius 2 is 1.80 bits per heavy atom. The molecule has 0 bridgehead atoms. The molecule has 7 heteroatoms. The Balaban J connectivity index is 0.00000156. The van der Waals surface area contributed by atoms with E-state index in [1.807, 2.05) is 42.5 Å². The standard InChI is InChI=1S/C18H19N3OS.2ClH/c1-22-15-4-2-3-14(8-15)21-9-12-10-23-11-17(12)16-7-13(19)5-6-18(16)20;;/h2-8,10-11,21H,9,19-20H2,1H3;2*1H. The minimum atomic E-state index is 0. The topological polar surface area (TPSA) is 73.3 Å². The first-order chi connectivity index (χ1) is 11.2. The monoisotopic (exact) mass is 397 g/mol. The van der Waals surface area contributed by atoms with Gasteiger partial charge in [0.1, 0.15) is 5.75 Å². The molecule has 0 radical (unpaired) electrons. The summed E-state index contributed by atoms with van der Waals surface area (Å²) >= 11 is 1.66. The predicted octanol–water partition coefficient (Wildman–Crippen LogP) is 5.04. The van der Waals surface area contributed by atoms with Crippen molar-refractivity contribution in [1.82, 2.24) is 0 Å². The molecule has 0 spiro atoms. The number of hydrogen-bond donors (Lipinski definition) is 3. The first-order valence-corrected chi connectivity index (χ1v) is 8.20. The quantitative estimate of drug-likeness (QED) is 0.526. The second-order valence-electron chi connectivity index (χ2n) is 5.24. The van der Waals surface area contributed by atoms with Crippen LogP contribution in [0.15, 0.2) is 53.2 Å². The Bertz CT molecular complexity index is 824. The van der Waals surface area contributed by atoms with Gasteiger partial charge in [-0.25, -0.2) is 0 Å². The number of nitrogens with one attached hydrogen (secondary N) is 1. The first-order valence-electron chi connectivity index (χ1n) is 7.25. The van der Waals surface area contributed by atoms with Crippen molar-refractivity contribution in [2.75, 3.05) is 23.9 Å². The number of ether oxygens (including phenoxy) is 1. The normalized spacial score (nSPS) is 9.64. The largest absolute Gasteiger partial charge is 0.497 e. The SMILES string of the molecule is COc1cccc(NCc2cscc2-c2cc(N)ccc2N)c1.Cl.Cl. The van der Waals surface area contributed by atoms with Gasteiger partial charge in [0, 0.05) is 35.2 Å². The van der Waals surface area contributed by atoms with Gasteiger partial charge in [-0.2, -0.15) is 11.3 Å². The molecule has 0 aliphatic rings. The van der Waals surface area contributed by atoms with Crippen LogP contribution >= 0.6 is 36.2 Å². The molecule has 0 fully saturated rings. The fourth-order valence-corrected chi connectivity index (χ4v) is 3.29. The second-order valence-corrected chi connectivity index (χ2v) is 5.99. The third-order valence-corrected chi connectivity index (χ3v) is 4.45. The van der Waals surface area contributed by atoms with Crippen LogP contribution in [-0.2, 0) is 6.54 Å². The third-order valence-electron chi connectivity index (χ3n) is 3.66. The summed E-state index contributed by atoms with van der Waals surface area (Å²) in [5, 5.41) is 7.66. The molecule has 5 N–H and O–H groups in total. The predicted molar refractivity (Wildman–Crippen MR) is 113 cm³/mol. The van der Waals surface area contributed by atoms with Gasteiger partial charge < -0.3 is 21.5 Å². The van der Waals surface area contributed by atoms with E-state index in [2.05, 4.69) is 16.1 Å². The van der Waals surface area contributed by atoms with Crippen molar-refractivity contribution in [2.45, 2.75) is 6.54 Å². The van der Waals surface area contributed by atoms with Gasteiger partial charge >= 0.3 is 0 Å². The summed E-state index contributed by atoms with van der Waals surface area (Å²) in [4.78, 5) is 0. The van der Waals surface area contributed by atoms with Crippen LogP contribution in [0, 0.1) is 0 Å². The van der Waals surface area contributed by atoms with Crippen LogP contribution in [0.1, 0.15) is 5.56 Å². The van der Waals surface area contributed by atoms with E-state index in [0.717, 1.165) is 28.3 Å². The molecule has 4 nitrogen and oxygen atoms in total. The zero-order chi connectivity index (χ0) is 16.2. The summed E-state index contributed by atoms with van der Waals surface area (Å²) in [6, 6.07) is 13.5. The molecule has 2 aromatic carbocycles. The van der Waals surface area contributed by atoms with Crippen molar-refractivity contribution < 1.29 is 4.74 Å². The maximum absolute atomic E-state index is 6.11. The minimum Gasteiger partial charge on any atom is -0.497 e. The average molecular weight is 398 g/mol. The molecule has 0 saturated heterocycles. The molecule has 25 heavy (non-hydrogen) atoms. The molecule has 0 aliphatic carbocycles. The zero-order valence-corrected chi connectivity index (χ0v) is 16.1. The number of anilines is 3. The highest BCUT2D eigenvalue weighted by Gasteiger charge is 2.10. The molecule has 3 aromatic rings. The lowest BCUT2D eigenvalue weighted by molar-refractivity contribution is 0.415. The Labute approximate surface area is 164 Å². The molecule has 0 aliphatic heterocycles. The first kappa shape index (κ1) is 21.0. The van der Waals surface area contributed by atoms with Crippen LogP contribution < -0.4 is 21.5 Å². The zero-order valence-electron chi connectivity index (χ0n) is 13.7. The summed E-state index contributed by atoms with van der Waals surface area (Å²) in [6.45, 7) is 0.709. The molecular formula is C18H21Cl2N3OS. The Hall–Kier alpha value is -2.08. The summed E-state index contributed by atoms with van der Waals surface area (Å²) in [7, 11) is 1.67. The number of benzene rings is 2. The van der Waals surface area contributed by atoms with Crippen molar-refractivity contribution in [3.8, 4) is 16.9 Å². The number of nitrogen functional groups attached to an aromatic ring is 2. The lowest BCUT2D eigenvalue weighted by Gasteiger charge is -2.11. The summed E-state index contributed by atoms with van der Waals surface area (Å²) in [5.41, 5.74) is 17.8. The molecule has 1 heterocycles. The molecule has 0 saturated carbocycles. The number of halogens is 2. The van der Waals surface area contributed by atoms with Crippen molar-refractivity contribution in [3.05, 3.63) is 58.8 Å². The molecule has 0 amide bonds. The van der Waals surface area contributed by atoms with Gasteiger partial charge in [0.05, 0.1) is 7.11 Å². The fourth-order valence-electron chi connectivity index (χ4n) is 2.43. The van der Waals surface area contributed by atoms with Crippen LogP contribution in [0.4, 0.5) is 17.1 Å². The van der Waals surface area contributed by atoms with Crippen molar-refractivity contribution in [2.24, 2.45) is 0 Å². The number of thiophene rings is 1. The van der Waals surface area contributed by atoms with Gasteiger partial charge in [0.25, 0.3) is 0 Å². The highest BCUT2D eigenvalue weighted by atomic mass is 35.5. The Morgan fingerprint density at radius 1 is 1.00 bits per heavy atom. The van der Waals surface area contributed by atoms with Gasteiger partial charge in [-0.15, -0.1) is 24.8 Å². The van der Waals surface area contributed by atoms with Crippen molar-refractivity contribution in [1.29, 1.82) is 0 Å². The average Bonchev–Trinajstić information content (AvgIpc) is 3.03. The highest BCUT2D eigenvalue weighted by molar-refractivity contribution is 7.08. The molecular weight excluding hydrogens is 377 g/mol. The second kappa shape index (κ2) is 9.42. The van der Waals surface area contributed by atoms with Crippen LogP contribution in [-0.4, -0.2) is 7.11 Å². The van der Waals surface area contributed by atoms with E-state index in [9.17, 15) is 0 Å². The van der Waals surface area contributed by atoms with E-state index in [1.165, 1.54) is 5.56 Å². The lowest BCUT2D eigenvalue weighted by atomic mass is 10.0. The molecule has 1 aromatic heterocycles. The van der Waals surface area contributed by atoms with Gasteiger partial charge in [0.15, 0.2) is 0 Å². The number of rotatable bonds is 5. The fraction of sp³-hybridized carbons (Fsp3) is 0.111. The van der Waals surface area contributed by atoms with E-state index in [0.29, 0.717) is 12.2 Å². The van der Waals surface area contributed by atoms with Gasteiger partial charge in [-0.1, -0.05) is 6.07 Å². The number of hydrogen-bond acceptors (Lipinski definition) is 5. The van der Waals surface area contributed by atoms with Crippen molar-refractivity contribution in [3.63, 3.8) is 0 Å². The summed E-state index contributed by atoms with van der Waals surface area (Å²) in [6.07, 6.45) is 0. The van der Waals surface area contributed by atoms with Gasteiger partial charge in [0.2, 0.25) is 0 Å². The van der Waals surface area contributed by atoms with Crippen LogP contribution in [0.2, 0.25) is 0 Å². The molecule has 3 rings (SSSR count).